The molecule has 0 aromatic carbocycles. The summed E-state index contributed by atoms with van der Waals surface area (Å²) in [4.78, 5) is 4.00. The number of hydrogen-bond acceptors (Lipinski definition) is 3. The second kappa shape index (κ2) is 7.89. The van der Waals surface area contributed by atoms with Crippen molar-refractivity contribution >= 4 is 17.2 Å². The van der Waals surface area contributed by atoms with Crippen LogP contribution >= 0.6 is 0 Å². The van der Waals surface area contributed by atoms with E-state index in [4.69, 9.17) is 0 Å². The molecule has 1 aliphatic carbocycles. The van der Waals surface area contributed by atoms with Crippen LogP contribution in [0.2, 0.25) is 0 Å². The van der Waals surface area contributed by atoms with Crippen LogP contribution in [0.15, 0.2) is 43.4 Å². The summed E-state index contributed by atoms with van der Waals surface area (Å²) >= 11 is 0. The molecule has 0 amide bonds. The third-order valence-electron chi connectivity index (χ3n) is 5.67. The molecule has 0 aliphatic heterocycles. The van der Waals surface area contributed by atoms with E-state index < -0.39 is 6.43 Å². The van der Waals surface area contributed by atoms with Gasteiger partial charge < -0.3 is 15.2 Å². The van der Waals surface area contributed by atoms with E-state index in [1.165, 1.54) is 11.8 Å². The number of anilines is 1. The summed E-state index contributed by atoms with van der Waals surface area (Å²) in [6.07, 6.45) is 7.12. The molecule has 154 valence electrons. The molecule has 3 heterocycles. The predicted molar refractivity (Wildman–Crippen MR) is 112 cm³/mol. The molecular formula is C22H27F2N5. The third-order valence-corrected chi connectivity index (χ3v) is 5.67. The predicted octanol–water partition coefficient (Wildman–Crippen LogP) is 4.90. The van der Waals surface area contributed by atoms with Crippen molar-refractivity contribution in [3.05, 3.63) is 60.2 Å². The summed E-state index contributed by atoms with van der Waals surface area (Å²) in [5, 5.41) is 7.10. The maximum atomic E-state index is 13.0. The highest BCUT2D eigenvalue weighted by Crippen LogP contribution is 2.26. The van der Waals surface area contributed by atoms with Gasteiger partial charge in [-0.25, -0.2) is 13.8 Å². The lowest BCUT2D eigenvalue weighted by atomic mass is 9.90. The van der Waals surface area contributed by atoms with Gasteiger partial charge in [-0.1, -0.05) is 12.6 Å². The summed E-state index contributed by atoms with van der Waals surface area (Å²) in [7, 11) is 2.02. The molecule has 5 nitrogen and oxygen atoms in total. The number of alkyl halides is 2. The van der Waals surface area contributed by atoms with Crippen LogP contribution in [0.4, 0.5) is 14.6 Å². The Morgan fingerprint density at radius 3 is 2.52 bits per heavy atom. The molecule has 1 fully saturated rings. The van der Waals surface area contributed by atoms with Crippen molar-refractivity contribution in [2.75, 3.05) is 5.32 Å². The van der Waals surface area contributed by atoms with E-state index in [0.29, 0.717) is 17.7 Å². The van der Waals surface area contributed by atoms with Crippen molar-refractivity contribution in [1.82, 2.24) is 19.3 Å². The quantitative estimate of drug-likeness (QED) is 0.620. The van der Waals surface area contributed by atoms with Gasteiger partial charge in [0.25, 0.3) is 6.43 Å². The topological polar surface area (TPSA) is 46.3 Å². The van der Waals surface area contributed by atoms with Crippen LogP contribution in [0.3, 0.4) is 0 Å². The van der Waals surface area contributed by atoms with Gasteiger partial charge in [-0.2, -0.15) is 0 Å². The Balaban J connectivity index is 1.36. The van der Waals surface area contributed by atoms with Crippen LogP contribution < -0.4 is 10.6 Å². The highest BCUT2D eigenvalue weighted by Gasteiger charge is 2.23. The highest BCUT2D eigenvalue weighted by atomic mass is 19.3. The van der Waals surface area contributed by atoms with Crippen molar-refractivity contribution in [2.45, 2.75) is 51.1 Å². The summed E-state index contributed by atoms with van der Waals surface area (Å²) < 4.78 is 29.7. The van der Waals surface area contributed by atoms with Crippen LogP contribution in [0, 0.1) is 6.92 Å². The van der Waals surface area contributed by atoms with Crippen molar-refractivity contribution in [3.63, 3.8) is 0 Å². The number of halogens is 2. The molecule has 3 aromatic rings. The molecule has 2 N–H and O–H groups in total. The van der Waals surface area contributed by atoms with E-state index >= 15 is 0 Å². The first-order valence-electron chi connectivity index (χ1n) is 10.0. The van der Waals surface area contributed by atoms with Gasteiger partial charge in [-0.15, -0.1) is 0 Å². The number of rotatable bonds is 6. The smallest absolute Gasteiger partial charge is 0.281 e. The van der Waals surface area contributed by atoms with Gasteiger partial charge in [0.05, 0.1) is 0 Å². The minimum Gasteiger partial charge on any atom is -0.382 e. The van der Waals surface area contributed by atoms with Gasteiger partial charge >= 0.3 is 0 Å². The Bertz CT molecular complexity index is 1010. The van der Waals surface area contributed by atoms with Crippen molar-refractivity contribution in [3.8, 4) is 0 Å². The van der Waals surface area contributed by atoms with E-state index in [2.05, 4.69) is 46.1 Å². The van der Waals surface area contributed by atoms with Crippen molar-refractivity contribution < 1.29 is 8.78 Å². The zero-order valence-corrected chi connectivity index (χ0v) is 16.8. The van der Waals surface area contributed by atoms with Crippen molar-refractivity contribution in [1.29, 1.82) is 0 Å². The third kappa shape index (κ3) is 4.13. The molecule has 0 bridgehead atoms. The lowest BCUT2D eigenvalue weighted by Crippen LogP contribution is -2.36. The fraction of sp³-hybridized carbons (Fsp3) is 0.409. The number of nitrogens with one attached hydrogen (secondary N) is 2. The molecule has 0 unspecified atom stereocenters. The molecule has 3 aromatic heterocycles. The summed E-state index contributed by atoms with van der Waals surface area (Å²) in [6, 6.07) is 6.21. The van der Waals surface area contributed by atoms with E-state index in [-0.39, 0.29) is 5.69 Å². The monoisotopic (exact) mass is 399 g/mol. The average Bonchev–Trinajstić information content (AvgIpc) is 3.27. The Hall–Kier alpha value is -2.83. The minimum atomic E-state index is -2.56. The van der Waals surface area contributed by atoms with Gasteiger partial charge in [0.2, 0.25) is 0 Å². The maximum absolute atomic E-state index is 13.0. The molecule has 0 spiro atoms. The number of imidazole rings is 1. The first kappa shape index (κ1) is 19.5. The largest absolute Gasteiger partial charge is 0.382 e. The molecule has 1 aliphatic rings. The molecule has 29 heavy (non-hydrogen) atoms. The number of pyridine rings is 1. The molecule has 4 rings (SSSR count). The van der Waals surface area contributed by atoms with Gasteiger partial charge in [-0.05, 0) is 50.3 Å². The first-order valence-corrected chi connectivity index (χ1v) is 10.0. The second-order valence-electron chi connectivity index (χ2n) is 7.94. The molecular weight excluding hydrogens is 372 g/mol. The van der Waals surface area contributed by atoms with Crippen LogP contribution in [-0.4, -0.2) is 26.0 Å². The maximum Gasteiger partial charge on any atom is 0.281 e. The minimum absolute atomic E-state index is 0.193. The molecule has 0 saturated heterocycles. The number of aryl methyl sites for hydroxylation is 2. The normalized spacial score (nSPS) is 19.6. The Morgan fingerprint density at radius 2 is 1.86 bits per heavy atom. The standard InChI is InChI=1S/C22H27F2N5/c1-14-11-28(3)12-18(14)15(2)25-16-7-9-17(10-8-16)26-20-5-4-6-21-27-19(22(23)24)13-29(20)21/h4-6,11-13,16-17,22,25-26H,2,7-10H2,1,3H3. The van der Waals surface area contributed by atoms with Gasteiger partial charge in [0.15, 0.2) is 0 Å². The van der Waals surface area contributed by atoms with Crippen LogP contribution in [-0.2, 0) is 7.05 Å². The average molecular weight is 399 g/mol. The number of fused-ring (bicyclic) bond motifs is 1. The van der Waals surface area contributed by atoms with Gasteiger partial charge in [0.1, 0.15) is 17.2 Å². The highest BCUT2D eigenvalue weighted by molar-refractivity contribution is 5.64. The second-order valence-corrected chi connectivity index (χ2v) is 7.94. The molecule has 0 atom stereocenters. The van der Waals surface area contributed by atoms with E-state index in [1.54, 1.807) is 10.5 Å². The van der Waals surface area contributed by atoms with E-state index in [1.807, 2.05) is 19.2 Å². The van der Waals surface area contributed by atoms with E-state index in [9.17, 15) is 8.78 Å². The van der Waals surface area contributed by atoms with Gasteiger partial charge in [0, 0.05) is 49.0 Å². The SMILES string of the molecule is C=C(NC1CCC(Nc2cccc3nc(C(F)F)cn23)CC1)c1cn(C)cc1C. The zero-order chi connectivity index (χ0) is 20.5. The van der Waals surface area contributed by atoms with Crippen molar-refractivity contribution in [2.24, 2.45) is 7.05 Å². The van der Waals surface area contributed by atoms with Crippen LogP contribution in [0.25, 0.3) is 11.3 Å². The first-order chi connectivity index (χ1) is 13.9. The number of aromatic nitrogens is 3. The lowest BCUT2D eigenvalue weighted by molar-refractivity contribution is 0.147. The summed E-state index contributed by atoms with van der Waals surface area (Å²) in [5.41, 5.74) is 3.70. The molecule has 0 radical (unpaired) electrons. The fourth-order valence-electron chi connectivity index (χ4n) is 4.20. The Morgan fingerprint density at radius 1 is 1.14 bits per heavy atom. The number of hydrogen-bond donors (Lipinski definition) is 2. The Kier molecular flexibility index (Phi) is 5.30. The van der Waals surface area contributed by atoms with Crippen LogP contribution in [0.1, 0.15) is 48.9 Å². The zero-order valence-electron chi connectivity index (χ0n) is 16.8. The summed E-state index contributed by atoms with van der Waals surface area (Å²) in [6.45, 7) is 6.32. The van der Waals surface area contributed by atoms with Crippen LogP contribution in [0.5, 0.6) is 0 Å². The lowest BCUT2D eigenvalue weighted by Gasteiger charge is -2.31. The Labute approximate surface area is 169 Å². The van der Waals surface area contributed by atoms with E-state index in [0.717, 1.165) is 42.8 Å². The molecule has 7 heteroatoms. The number of nitrogens with zero attached hydrogens (tertiary/aromatic N) is 3. The fourth-order valence-corrected chi connectivity index (χ4v) is 4.20. The molecule has 1 saturated carbocycles. The van der Waals surface area contributed by atoms with Gasteiger partial charge in [-0.3, -0.25) is 4.40 Å². The summed E-state index contributed by atoms with van der Waals surface area (Å²) in [5.74, 6) is 0.808.